The van der Waals surface area contributed by atoms with Crippen molar-refractivity contribution in [1.29, 1.82) is 5.26 Å². The van der Waals surface area contributed by atoms with Crippen LogP contribution >= 0.6 is 0 Å². The third-order valence-electron chi connectivity index (χ3n) is 5.09. The Morgan fingerprint density at radius 2 is 1.83 bits per heavy atom. The van der Waals surface area contributed by atoms with E-state index in [1.165, 1.54) is 6.20 Å². The second-order valence-electron chi connectivity index (χ2n) is 6.91. The number of nitriles is 1. The van der Waals surface area contributed by atoms with Crippen LogP contribution in [0.5, 0.6) is 0 Å². The lowest BCUT2D eigenvalue weighted by Gasteiger charge is -2.31. The third-order valence-corrected chi connectivity index (χ3v) is 5.09. The lowest BCUT2D eigenvalue weighted by atomic mass is 10.0. The van der Waals surface area contributed by atoms with Gasteiger partial charge in [-0.3, -0.25) is 4.79 Å². The molecule has 0 spiro atoms. The number of amides is 2. The molecule has 7 nitrogen and oxygen atoms in total. The first-order valence-corrected chi connectivity index (χ1v) is 10.2. The van der Waals surface area contributed by atoms with E-state index in [2.05, 4.69) is 10.6 Å². The van der Waals surface area contributed by atoms with E-state index < -0.39 is 5.91 Å². The van der Waals surface area contributed by atoms with Crippen LogP contribution in [0.4, 0.5) is 10.5 Å². The average molecular weight is 399 g/mol. The predicted molar refractivity (Wildman–Crippen MR) is 112 cm³/mol. The van der Waals surface area contributed by atoms with Crippen molar-refractivity contribution in [3.8, 4) is 6.07 Å². The Bertz CT molecular complexity index is 767. The monoisotopic (exact) mass is 398 g/mol. The fourth-order valence-corrected chi connectivity index (χ4v) is 3.38. The van der Waals surface area contributed by atoms with Crippen molar-refractivity contribution in [2.75, 3.05) is 25.0 Å². The average Bonchev–Trinajstić information content (AvgIpc) is 2.74. The summed E-state index contributed by atoms with van der Waals surface area (Å²) in [6.07, 6.45) is 4.25. The van der Waals surface area contributed by atoms with E-state index in [1.807, 2.05) is 38.1 Å². The zero-order valence-corrected chi connectivity index (χ0v) is 17.5. The molecule has 2 rings (SSSR count). The summed E-state index contributed by atoms with van der Waals surface area (Å²) >= 11 is 0. The van der Waals surface area contributed by atoms with Crippen molar-refractivity contribution in [3.63, 3.8) is 0 Å². The van der Waals surface area contributed by atoms with Gasteiger partial charge in [0.05, 0.1) is 6.61 Å². The standard InChI is InChI=1S/C22H30N4O3/c1-4-16-8-7-9-17(5-2)20(16)25-21(27)18(14-23)15-24-19-10-12-26(13-11-19)22(28)29-6-3/h7-9,15,19,24H,4-6,10-13H2,1-3H3,(H,25,27)/b18-15-. The second kappa shape index (κ2) is 11.1. The number of carbonyl (C=O) groups is 2. The van der Waals surface area contributed by atoms with Gasteiger partial charge in [0.1, 0.15) is 11.6 Å². The van der Waals surface area contributed by atoms with Gasteiger partial charge in [-0.1, -0.05) is 32.0 Å². The molecule has 0 aromatic heterocycles. The fourth-order valence-electron chi connectivity index (χ4n) is 3.38. The van der Waals surface area contributed by atoms with Crippen LogP contribution in [-0.4, -0.2) is 42.6 Å². The first kappa shape index (κ1) is 22.3. The largest absolute Gasteiger partial charge is 0.450 e. The van der Waals surface area contributed by atoms with Gasteiger partial charge in [-0.25, -0.2) is 4.79 Å². The minimum Gasteiger partial charge on any atom is -0.450 e. The number of carbonyl (C=O) groups excluding carboxylic acids is 2. The van der Waals surface area contributed by atoms with E-state index >= 15 is 0 Å². The highest BCUT2D eigenvalue weighted by atomic mass is 16.6. The van der Waals surface area contributed by atoms with Crippen molar-refractivity contribution in [2.24, 2.45) is 0 Å². The molecule has 0 saturated carbocycles. The molecule has 2 N–H and O–H groups in total. The smallest absolute Gasteiger partial charge is 0.409 e. The lowest BCUT2D eigenvalue weighted by Crippen LogP contribution is -2.44. The van der Waals surface area contributed by atoms with Crippen LogP contribution < -0.4 is 10.6 Å². The Balaban J connectivity index is 1.98. The van der Waals surface area contributed by atoms with Crippen LogP contribution in [0, 0.1) is 11.3 Å². The highest BCUT2D eigenvalue weighted by Crippen LogP contribution is 2.23. The maximum Gasteiger partial charge on any atom is 0.409 e. The molecule has 2 amide bonds. The van der Waals surface area contributed by atoms with Crippen LogP contribution in [0.15, 0.2) is 30.0 Å². The van der Waals surface area contributed by atoms with Crippen LogP contribution in [0.25, 0.3) is 0 Å². The number of anilines is 1. The van der Waals surface area contributed by atoms with Gasteiger partial charge in [-0.15, -0.1) is 0 Å². The van der Waals surface area contributed by atoms with E-state index in [1.54, 1.807) is 11.8 Å². The summed E-state index contributed by atoms with van der Waals surface area (Å²) in [6.45, 7) is 7.39. The van der Waals surface area contributed by atoms with Crippen molar-refractivity contribution in [2.45, 2.75) is 52.5 Å². The highest BCUT2D eigenvalue weighted by Gasteiger charge is 2.23. The summed E-state index contributed by atoms with van der Waals surface area (Å²) in [7, 11) is 0. The van der Waals surface area contributed by atoms with Gasteiger partial charge in [0.15, 0.2) is 0 Å². The topological polar surface area (TPSA) is 94.5 Å². The van der Waals surface area contributed by atoms with Gasteiger partial charge in [-0.2, -0.15) is 5.26 Å². The molecule has 7 heteroatoms. The molecule has 0 bridgehead atoms. The molecule has 1 aliphatic heterocycles. The SMILES string of the molecule is CCOC(=O)N1CCC(N/C=C(/C#N)C(=O)Nc2c(CC)cccc2CC)CC1. The van der Waals surface area contributed by atoms with Gasteiger partial charge in [0.25, 0.3) is 5.91 Å². The van der Waals surface area contributed by atoms with E-state index in [0.29, 0.717) is 19.7 Å². The highest BCUT2D eigenvalue weighted by molar-refractivity contribution is 6.07. The van der Waals surface area contributed by atoms with Gasteiger partial charge in [0, 0.05) is 31.0 Å². The molecule has 0 radical (unpaired) electrons. The summed E-state index contributed by atoms with van der Waals surface area (Å²) in [6, 6.07) is 8.04. The summed E-state index contributed by atoms with van der Waals surface area (Å²) in [5, 5.41) is 15.5. The number of benzene rings is 1. The van der Waals surface area contributed by atoms with E-state index in [4.69, 9.17) is 4.74 Å². The molecule has 29 heavy (non-hydrogen) atoms. The summed E-state index contributed by atoms with van der Waals surface area (Å²) in [5.41, 5.74) is 2.93. The van der Waals surface area contributed by atoms with Gasteiger partial charge in [-0.05, 0) is 43.7 Å². The first-order valence-electron chi connectivity index (χ1n) is 10.2. The lowest BCUT2D eigenvalue weighted by molar-refractivity contribution is -0.112. The number of hydrogen-bond donors (Lipinski definition) is 2. The number of nitrogens with one attached hydrogen (secondary N) is 2. The predicted octanol–water partition coefficient (Wildman–Crippen LogP) is 3.37. The Morgan fingerprint density at radius 1 is 1.21 bits per heavy atom. The Kier molecular flexibility index (Phi) is 8.53. The second-order valence-corrected chi connectivity index (χ2v) is 6.91. The Labute approximate surface area is 172 Å². The zero-order valence-electron chi connectivity index (χ0n) is 17.5. The zero-order chi connectivity index (χ0) is 21.2. The molecule has 1 aromatic carbocycles. The molecule has 0 unspecified atom stereocenters. The Morgan fingerprint density at radius 3 is 2.34 bits per heavy atom. The summed E-state index contributed by atoms with van der Waals surface area (Å²) < 4.78 is 5.02. The number of likely N-dealkylation sites (tertiary alicyclic amines) is 1. The number of hydrogen-bond acceptors (Lipinski definition) is 5. The normalized spacial score (nSPS) is 14.8. The van der Waals surface area contributed by atoms with E-state index in [-0.39, 0.29) is 17.7 Å². The van der Waals surface area contributed by atoms with E-state index in [0.717, 1.165) is 42.5 Å². The molecular weight excluding hydrogens is 368 g/mol. The van der Waals surface area contributed by atoms with Crippen LogP contribution in [0.3, 0.4) is 0 Å². The molecule has 0 aliphatic carbocycles. The minimum atomic E-state index is -0.417. The van der Waals surface area contributed by atoms with Gasteiger partial charge >= 0.3 is 6.09 Å². The van der Waals surface area contributed by atoms with Crippen LogP contribution in [0.1, 0.15) is 44.7 Å². The Hall–Kier alpha value is -3.01. The van der Waals surface area contributed by atoms with Crippen molar-refractivity contribution in [1.82, 2.24) is 10.2 Å². The number of aryl methyl sites for hydroxylation is 2. The molecule has 1 heterocycles. The quantitative estimate of drug-likeness (QED) is 0.542. The van der Waals surface area contributed by atoms with Crippen LogP contribution in [-0.2, 0) is 22.4 Å². The van der Waals surface area contributed by atoms with Crippen molar-refractivity contribution in [3.05, 3.63) is 41.1 Å². The van der Waals surface area contributed by atoms with Crippen molar-refractivity contribution >= 4 is 17.7 Å². The van der Waals surface area contributed by atoms with Gasteiger partial charge in [0.2, 0.25) is 0 Å². The number of ether oxygens (including phenoxy) is 1. The third kappa shape index (κ3) is 5.98. The molecule has 1 saturated heterocycles. The minimum absolute atomic E-state index is 0.0331. The number of para-hydroxylation sites is 1. The molecule has 1 fully saturated rings. The summed E-state index contributed by atoms with van der Waals surface area (Å²) in [4.78, 5) is 26.1. The number of piperidine rings is 1. The molecular formula is C22H30N4O3. The molecule has 0 atom stereocenters. The van der Waals surface area contributed by atoms with Crippen LogP contribution in [0.2, 0.25) is 0 Å². The van der Waals surface area contributed by atoms with Gasteiger partial charge < -0.3 is 20.3 Å². The van der Waals surface area contributed by atoms with E-state index in [9.17, 15) is 14.9 Å². The first-order chi connectivity index (χ1) is 14.0. The van der Waals surface area contributed by atoms with Crippen molar-refractivity contribution < 1.29 is 14.3 Å². The fraction of sp³-hybridized carbons (Fsp3) is 0.500. The number of rotatable bonds is 7. The number of nitrogens with zero attached hydrogens (tertiary/aromatic N) is 2. The maximum absolute atomic E-state index is 12.7. The summed E-state index contributed by atoms with van der Waals surface area (Å²) in [5.74, 6) is -0.417. The molecule has 1 aromatic rings. The molecule has 1 aliphatic rings. The molecule has 156 valence electrons. The maximum atomic E-state index is 12.7.